The Kier molecular flexibility index (Phi) is 5.28. The Morgan fingerprint density at radius 1 is 1.21 bits per heavy atom. The van der Waals surface area contributed by atoms with Crippen molar-refractivity contribution in [2.75, 3.05) is 13.6 Å². The molecule has 0 amide bonds. The first-order valence-corrected chi connectivity index (χ1v) is 10.1. The molecule has 3 N–H and O–H groups in total. The number of aliphatic hydroxyl groups excluding tert-OH is 1. The van der Waals surface area contributed by atoms with Gasteiger partial charge in [-0.2, -0.15) is 4.31 Å². The van der Waals surface area contributed by atoms with Crippen molar-refractivity contribution < 1.29 is 13.5 Å². The van der Waals surface area contributed by atoms with E-state index in [-0.39, 0.29) is 13.1 Å². The molecule has 0 fully saturated rings. The number of aromatic nitrogens is 3. The van der Waals surface area contributed by atoms with Crippen LogP contribution in [-0.4, -0.2) is 52.1 Å². The third-order valence-electron chi connectivity index (χ3n) is 4.88. The molecule has 10 heteroatoms. The van der Waals surface area contributed by atoms with Gasteiger partial charge in [0.2, 0.25) is 10.0 Å². The van der Waals surface area contributed by atoms with E-state index in [4.69, 9.17) is 0 Å². The van der Waals surface area contributed by atoms with Crippen LogP contribution >= 0.6 is 0 Å². The van der Waals surface area contributed by atoms with Crippen LogP contribution in [0.5, 0.6) is 0 Å². The second-order valence-corrected chi connectivity index (χ2v) is 8.73. The van der Waals surface area contributed by atoms with Crippen LogP contribution in [0.3, 0.4) is 0 Å². The lowest BCUT2D eigenvalue weighted by Crippen LogP contribution is -2.39. The Morgan fingerprint density at radius 2 is 1.89 bits per heavy atom. The maximum Gasteiger partial charge on any atom is 0.325 e. The number of benzene rings is 1. The van der Waals surface area contributed by atoms with Crippen molar-refractivity contribution >= 4 is 20.9 Å². The Bertz CT molecular complexity index is 1240. The highest BCUT2D eigenvalue weighted by Crippen LogP contribution is 2.25. The quantitative estimate of drug-likeness (QED) is 0.543. The number of para-hydroxylation sites is 1. The Balaban J connectivity index is 1.83. The van der Waals surface area contributed by atoms with Gasteiger partial charge in [-0.05, 0) is 25.5 Å². The van der Waals surface area contributed by atoms with Crippen LogP contribution in [0.1, 0.15) is 11.3 Å². The number of nitrogens with zero attached hydrogens (tertiary/aromatic N) is 2. The van der Waals surface area contributed by atoms with Crippen LogP contribution in [0.4, 0.5) is 0 Å². The van der Waals surface area contributed by atoms with Gasteiger partial charge in [-0.15, -0.1) is 0 Å². The molecular weight excluding hydrogens is 384 g/mol. The molecule has 2 aromatic heterocycles. The fraction of sp³-hybridized carbons (Fsp3) is 0.333. The SMILES string of the molecule is Cc1c(C)n(CC(O)CN(C)S(=O)(=O)c2c[nH]c(=O)[nH]c2=O)c2ccccc12. The predicted octanol–water partition coefficient (Wildman–Crippen LogP) is 0.316. The molecule has 0 saturated carbocycles. The van der Waals surface area contributed by atoms with Gasteiger partial charge in [0.25, 0.3) is 5.56 Å². The summed E-state index contributed by atoms with van der Waals surface area (Å²) in [5.41, 5.74) is 1.25. The maximum atomic E-state index is 12.6. The molecule has 0 radical (unpaired) electrons. The van der Waals surface area contributed by atoms with E-state index in [1.54, 1.807) is 0 Å². The summed E-state index contributed by atoms with van der Waals surface area (Å²) >= 11 is 0. The number of hydrogen-bond acceptors (Lipinski definition) is 5. The zero-order valence-corrected chi connectivity index (χ0v) is 16.6. The molecule has 0 bridgehead atoms. The van der Waals surface area contributed by atoms with Crippen molar-refractivity contribution in [2.45, 2.75) is 31.4 Å². The second-order valence-electron chi connectivity index (χ2n) is 6.71. The number of aliphatic hydroxyl groups is 1. The molecule has 9 nitrogen and oxygen atoms in total. The van der Waals surface area contributed by atoms with Gasteiger partial charge in [0.05, 0.1) is 12.6 Å². The van der Waals surface area contributed by atoms with Gasteiger partial charge in [0.15, 0.2) is 4.90 Å². The summed E-state index contributed by atoms with van der Waals surface area (Å²) < 4.78 is 28.0. The molecule has 3 rings (SSSR count). The van der Waals surface area contributed by atoms with Crippen LogP contribution in [0, 0.1) is 13.8 Å². The number of aryl methyl sites for hydroxylation is 1. The summed E-state index contributed by atoms with van der Waals surface area (Å²) in [7, 11) is -2.90. The van der Waals surface area contributed by atoms with E-state index in [1.807, 2.05) is 47.7 Å². The molecule has 28 heavy (non-hydrogen) atoms. The van der Waals surface area contributed by atoms with Crippen LogP contribution < -0.4 is 11.2 Å². The van der Waals surface area contributed by atoms with Crippen LogP contribution in [0.15, 0.2) is 44.9 Å². The van der Waals surface area contributed by atoms with Crippen LogP contribution in [0.2, 0.25) is 0 Å². The van der Waals surface area contributed by atoms with E-state index in [9.17, 15) is 23.1 Å². The number of fused-ring (bicyclic) bond motifs is 1. The summed E-state index contributed by atoms with van der Waals surface area (Å²) in [4.78, 5) is 26.4. The first kappa shape index (κ1) is 20.1. The standard InChI is InChI=1S/C18H22N4O5S/c1-11-12(2)22(15-7-5-4-6-14(11)15)10-13(23)9-21(3)28(26,27)16-8-19-18(25)20-17(16)24/h4-8,13,23H,9-10H2,1-3H3,(H2,19,20,24,25). The van der Waals surface area contributed by atoms with E-state index in [2.05, 4.69) is 4.98 Å². The van der Waals surface area contributed by atoms with Gasteiger partial charge in [0, 0.05) is 36.4 Å². The number of nitrogens with one attached hydrogen (secondary N) is 2. The zero-order chi connectivity index (χ0) is 20.6. The van der Waals surface area contributed by atoms with Crippen LogP contribution in [-0.2, 0) is 16.6 Å². The Morgan fingerprint density at radius 3 is 2.57 bits per heavy atom. The monoisotopic (exact) mass is 406 g/mol. The van der Waals surface area contributed by atoms with Crippen molar-refractivity contribution in [2.24, 2.45) is 0 Å². The topological polar surface area (TPSA) is 128 Å². The second kappa shape index (κ2) is 7.38. The van der Waals surface area contributed by atoms with Gasteiger partial charge in [-0.3, -0.25) is 9.78 Å². The highest BCUT2D eigenvalue weighted by Gasteiger charge is 2.27. The lowest BCUT2D eigenvalue weighted by Gasteiger charge is -2.21. The van der Waals surface area contributed by atoms with Crippen molar-refractivity contribution in [3.05, 3.63) is 62.6 Å². The normalized spacial score (nSPS) is 13.3. The lowest BCUT2D eigenvalue weighted by atomic mass is 10.2. The minimum Gasteiger partial charge on any atom is -0.390 e. The number of hydrogen-bond donors (Lipinski definition) is 3. The first-order chi connectivity index (χ1) is 13.1. The maximum absolute atomic E-state index is 12.6. The highest BCUT2D eigenvalue weighted by atomic mass is 32.2. The molecule has 0 aliphatic rings. The average molecular weight is 406 g/mol. The molecular formula is C18H22N4O5S. The van der Waals surface area contributed by atoms with Crippen LogP contribution in [0.25, 0.3) is 10.9 Å². The third-order valence-corrected chi connectivity index (χ3v) is 6.71. The van der Waals surface area contributed by atoms with Gasteiger partial charge < -0.3 is 14.7 Å². The summed E-state index contributed by atoms with van der Waals surface area (Å²) in [6.45, 7) is 3.93. The van der Waals surface area contributed by atoms with E-state index < -0.39 is 32.3 Å². The number of rotatable bonds is 6. The van der Waals surface area contributed by atoms with Gasteiger partial charge in [-0.25, -0.2) is 13.2 Å². The van der Waals surface area contributed by atoms with E-state index in [1.165, 1.54) is 7.05 Å². The van der Waals surface area contributed by atoms with E-state index in [0.717, 1.165) is 32.7 Å². The number of sulfonamides is 1. The summed E-state index contributed by atoms with van der Waals surface area (Å²) in [6.07, 6.45) is -0.151. The zero-order valence-electron chi connectivity index (χ0n) is 15.8. The Hall–Kier alpha value is -2.69. The Labute approximate surface area is 161 Å². The molecule has 1 atom stereocenters. The molecule has 0 spiro atoms. The van der Waals surface area contributed by atoms with E-state index >= 15 is 0 Å². The van der Waals surface area contributed by atoms with Crippen molar-refractivity contribution in [3.63, 3.8) is 0 Å². The molecule has 3 aromatic rings. The number of H-pyrrole nitrogens is 2. The van der Waals surface area contributed by atoms with Crippen molar-refractivity contribution in [3.8, 4) is 0 Å². The lowest BCUT2D eigenvalue weighted by molar-refractivity contribution is 0.135. The molecule has 0 saturated heterocycles. The summed E-state index contributed by atoms with van der Waals surface area (Å²) in [5.74, 6) is 0. The highest BCUT2D eigenvalue weighted by molar-refractivity contribution is 7.89. The van der Waals surface area contributed by atoms with Gasteiger partial charge in [0.1, 0.15) is 0 Å². The van der Waals surface area contributed by atoms with Gasteiger partial charge >= 0.3 is 5.69 Å². The first-order valence-electron chi connectivity index (χ1n) is 8.63. The third kappa shape index (κ3) is 3.53. The molecule has 150 valence electrons. The number of aromatic amines is 2. The largest absolute Gasteiger partial charge is 0.390 e. The molecule has 0 aliphatic heterocycles. The van der Waals surface area contributed by atoms with E-state index in [0.29, 0.717) is 0 Å². The molecule has 0 aliphatic carbocycles. The van der Waals surface area contributed by atoms with Crippen molar-refractivity contribution in [1.29, 1.82) is 0 Å². The summed E-state index contributed by atoms with van der Waals surface area (Å²) in [6, 6.07) is 7.79. The average Bonchev–Trinajstić information content (AvgIpc) is 2.86. The predicted molar refractivity (Wildman–Crippen MR) is 105 cm³/mol. The fourth-order valence-corrected chi connectivity index (χ4v) is 4.46. The number of likely N-dealkylation sites (N-methyl/N-ethyl adjacent to an activating group) is 1. The van der Waals surface area contributed by atoms with Gasteiger partial charge in [-0.1, -0.05) is 18.2 Å². The van der Waals surface area contributed by atoms with Crippen molar-refractivity contribution in [1.82, 2.24) is 18.8 Å². The molecule has 1 aromatic carbocycles. The molecule has 1 unspecified atom stereocenters. The smallest absolute Gasteiger partial charge is 0.325 e. The minimum absolute atomic E-state index is 0.196. The summed E-state index contributed by atoms with van der Waals surface area (Å²) in [5, 5.41) is 11.6. The molecule has 2 heterocycles. The fourth-order valence-electron chi connectivity index (χ4n) is 3.26. The minimum atomic E-state index is -4.17.